The Hall–Kier alpha value is -1.25. The van der Waals surface area contributed by atoms with Gasteiger partial charge in [0.25, 0.3) is 0 Å². The fourth-order valence-corrected chi connectivity index (χ4v) is 1.73. The second-order valence-electron chi connectivity index (χ2n) is 4.78. The fraction of sp³-hybridized carbons (Fsp3) is 0.643. The molecule has 1 aromatic heterocycles. The summed E-state index contributed by atoms with van der Waals surface area (Å²) in [6, 6.07) is 4.08. The Bertz CT molecular complexity index is 310. The van der Waals surface area contributed by atoms with Crippen molar-refractivity contribution in [1.82, 2.24) is 4.98 Å². The summed E-state index contributed by atoms with van der Waals surface area (Å²) in [4.78, 5) is 4.25. The van der Waals surface area contributed by atoms with Crippen LogP contribution in [0.1, 0.15) is 40.0 Å². The van der Waals surface area contributed by atoms with E-state index in [1.54, 1.807) is 0 Å². The Morgan fingerprint density at radius 1 is 1.24 bits per heavy atom. The third-order valence-corrected chi connectivity index (χ3v) is 2.66. The molecule has 0 bridgehead atoms. The van der Waals surface area contributed by atoms with Crippen molar-refractivity contribution in [2.45, 2.75) is 40.0 Å². The van der Waals surface area contributed by atoms with Crippen molar-refractivity contribution in [2.24, 2.45) is 5.92 Å². The lowest BCUT2D eigenvalue weighted by molar-refractivity contribution is 0.545. The minimum absolute atomic E-state index is 0.816. The van der Waals surface area contributed by atoms with Crippen LogP contribution in [0.2, 0.25) is 0 Å². The summed E-state index contributed by atoms with van der Waals surface area (Å²) in [5.74, 6) is 1.76. The van der Waals surface area contributed by atoms with Crippen molar-refractivity contribution in [1.29, 1.82) is 0 Å². The predicted octanol–water partition coefficient (Wildman–Crippen LogP) is 3.75. The second-order valence-corrected chi connectivity index (χ2v) is 4.78. The van der Waals surface area contributed by atoms with E-state index in [1.165, 1.54) is 19.3 Å². The Morgan fingerprint density at radius 2 is 2.06 bits per heavy atom. The van der Waals surface area contributed by atoms with Gasteiger partial charge in [-0.3, -0.25) is 0 Å². The van der Waals surface area contributed by atoms with Crippen LogP contribution >= 0.6 is 0 Å². The molecule has 0 amide bonds. The molecule has 96 valence electrons. The second kappa shape index (κ2) is 7.93. The number of rotatable bonds is 8. The first kappa shape index (κ1) is 13.8. The molecule has 3 heteroatoms. The van der Waals surface area contributed by atoms with Gasteiger partial charge >= 0.3 is 0 Å². The van der Waals surface area contributed by atoms with Crippen LogP contribution in [0.25, 0.3) is 0 Å². The van der Waals surface area contributed by atoms with Crippen LogP contribution < -0.4 is 10.6 Å². The van der Waals surface area contributed by atoms with Crippen molar-refractivity contribution in [3.05, 3.63) is 18.3 Å². The lowest BCUT2D eigenvalue weighted by Crippen LogP contribution is -2.04. The molecule has 17 heavy (non-hydrogen) atoms. The summed E-state index contributed by atoms with van der Waals surface area (Å²) >= 11 is 0. The topological polar surface area (TPSA) is 37.0 Å². The van der Waals surface area contributed by atoms with Crippen LogP contribution in [0.3, 0.4) is 0 Å². The van der Waals surface area contributed by atoms with E-state index in [9.17, 15) is 0 Å². The number of anilines is 2. The highest BCUT2D eigenvalue weighted by Gasteiger charge is 1.97. The number of nitrogens with zero attached hydrogens (tertiary/aromatic N) is 1. The Labute approximate surface area is 105 Å². The van der Waals surface area contributed by atoms with Gasteiger partial charge in [-0.1, -0.05) is 26.7 Å². The molecule has 0 unspecified atom stereocenters. The first-order valence-electron chi connectivity index (χ1n) is 6.66. The van der Waals surface area contributed by atoms with Gasteiger partial charge in [0.2, 0.25) is 0 Å². The summed E-state index contributed by atoms with van der Waals surface area (Å²) in [5, 5.41) is 6.65. The van der Waals surface area contributed by atoms with Gasteiger partial charge < -0.3 is 10.6 Å². The minimum atomic E-state index is 0.816. The van der Waals surface area contributed by atoms with E-state index < -0.39 is 0 Å². The molecule has 3 nitrogen and oxygen atoms in total. The zero-order valence-corrected chi connectivity index (χ0v) is 11.3. The van der Waals surface area contributed by atoms with Gasteiger partial charge in [0.15, 0.2) is 0 Å². The van der Waals surface area contributed by atoms with Crippen LogP contribution in [0.4, 0.5) is 11.5 Å². The van der Waals surface area contributed by atoms with E-state index in [2.05, 4.69) is 42.5 Å². The molecule has 0 saturated heterocycles. The third kappa shape index (κ3) is 6.15. The molecule has 2 N–H and O–H groups in total. The van der Waals surface area contributed by atoms with Gasteiger partial charge in [-0.25, -0.2) is 4.98 Å². The van der Waals surface area contributed by atoms with E-state index in [0.717, 1.165) is 30.5 Å². The van der Waals surface area contributed by atoms with Crippen molar-refractivity contribution in [3.63, 3.8) is 0 Å². The summed E-state index contributed by atoms with van der Waals surface area (Å²) in [6.07, 6.45) is 5.70. The van der Waals surface area contributed by atoms with E-state index in [1.807, 2.05) is 12.3 Å². The zero-order valence-electron chi connectivity index (χ0n) is 11.3. The molecule has 0 spiro atoms. The number of pyridine rings is 1. The molecule has 1 aromatic rings. The molecule has 0 radical (unpaired) electrons. The molecule has 1 heterocycles. The van der Waals surface area contributed by atoms with Gasteiger partial charge in [0.1, 0.15) is 5.82 Å². The van der Waals surface area contributed by atoms with Gasteiger partial charge in [-0.15, -0.1) is 0 Å². The summed E-state index contributed by atoms with van der Waals surface area (Å²) in [5.41, 5.74) is 1.15. The van der Waals surface area contributed by atoms with Crippen molar-refractivity contribution in [2.75, 3.05) is 23.7 Å². The van der Waals surface area contributed by atoms with E-state index in [-0.39, 0.29) is 0 Å². The number of nitrogens with one attached hydrogen (secondary N) is 2. The molecule has 0 fully saturated rings. The fourth-order valence-electron chi connectivity index (χ4n) is 1.73. The average Bonchev–Trinajstić information content (AvgIpc) is 2.29. The predicted molar refractivity (Wildman–Crippen MR) is 75.6 cm³/mol. The van der Waals surface area contributed by atoms with Gasteiger partial charge in [-0.05, 0) is 25.3 Å². The zero-order chi connectivity index (χ0) is 12.5. The quantitative estimate of drug-likeness (QED) is 0.674. The highest BCUT2D eigenvalue weighted by Crippen LogP contribution is 2.12. The van der Waals surface area contributed by atoms with Crippen molar-refractivity contribution < 1.29 is 0 Å². The molecular formula is C14H25N3. The monoisotopic (exact) mass is 235 g/mol. The molecule has 0 aliphatic carbocycles. The van der Waals surface area contributed by atoms with Gasteiger partial charge in [-0.2, -0.15) is 0 Å². The molecule has 0 aromatic carbocycles. The number of aromatic nitrogens is 1. The third-order valence-electron chi connectivity index (χ3n) is 2.66. The highest BCUT2D eigenvalue weighted by atomic mass is 15.0. The highest BCUT2D eigenvalue weighted by molar-refractivity contribution is 5.51. The largest absolute Gasteiger partial charge is 0.385 e. The maximum atomic E-state index is 4.25. The van der Waals surface area contributed by atoms with E-state index in [0.29, 0.717) is 0 Å². The number of hydrogen-bond acceptors (Lipinski definition) is 3. The summed E-state index contributed by atoms with van der Waals surface area (Å²) < 4.78 is 0. The van der Waals surface area contributed by atoms with Crippen molar-refractivity contribution in [3.8, 4) is 0 Å². The normalized spacial score (nSPS) is 10.6. The van der Waals surface area contributed by atoms with Crippen LogP contribution in [-0.2, 0) is 0 Å². The first-order chi connectivity index (χ1) is 8.22. The minimum Gasteiger partial charge on any atom is -0.385 e. The van der Waals surface area contributed by atoms with Crippen LogP contribution in [0.15, 0.2) is 18.3 Å². The molecule has 0 aliphatic rings. The molecule has 0 aliphatic heterocycles. The number of unbranched alkanes of at least 4 members (excludes halogenated alkanes) is 1. The van der Waals surface area contributed by atoms with Crippen LogP contribution in [0, 0.1) is 5.92 Å². The molecule has 0 atom stereocenters. The lowest BCUT2D eigenvalue weighted by Gasteiger charge is -2.09. The standard InChI is InChI=1S/C14H25N3/c1-4-15-14-11-13(8-10-17-14)16-9-6-5-7-12(2)3/h8,10-12H,4-7,9H2,1-3H3,(H2,15,16,17). The maximum absolute atomic E-state index is 4.25. The first-order valence-corrected chi connectivity index (χ1v) is 6.66. The lowest BCUT2D eigenvalue weighted by atomic mass is 10.1. The van der Waals surface area contributed by atoms with Crippen molar-refractivity contribution >= 4 is 11.5 Å². The Morgan fingerprint density at radius 3 is 2.76 bits per heavy atom. The van der Waals surface area contributed by atoms with Crippen LogP contribution in [-0.4, -0.2) is 18.1 Å². The Balaban J connectivity index is 2.24. The molecule has 1 rings (SSSR count). The average molecular weight is 235 g/mol. The van der Waals surface area contributed by atoms with E-state index in [4.69, 9.17) is 0 Å². The molecular weight excluding hydrogens is 210 g/mol. The van der Waals surface area contributed by atoms with Gasteiger partial charge in [0, 0.05) is 31.0 Å². The summed E-state index contributed by atoms with van der Waals surface area (Å²) in [7, 11) is 0. The van der Waals surface area contributed by atoms with Crippen LogP contribution in [0.5, 0.6) is 0 Å². The maximum Gasteiger partial charge on any atom is 0.127 e. The summed E-state index contributed by atoms with van der Waals surface area (Å²) in [6.45, 7) is 8.58. The number of hydrogen-bond donors (Lipinski definition) is 2. The van der Waals surface area contributed by atoms with E-state index >= 15 is 0 Å². The Kier molecular flexibility index (Phi) is 6.45. The SMILES string of the molecule is CCNc1cc(NCCCCC(C)C)ccn1. The molecule has 0 saturated carbocycles. The smallest absolute Gasteiger partial charge is 0.127 e. The van der Waals surface area contributed by atoms with Gasteiger partial charge in [0.05, 0.1) is 0 Å².